The molecule has 138 valence electrons. The Morgan fingerprint density at radius 3 is 2.32 bits per heavy atom. The van der Waals surface area contributed by atoms with E-state index in [4.69, 9.17) is 4.74 Å². The van der Waals surface area contributed by atoms with Crippen molar-refractivity contribution in [2.75, 3.05) is 6.61 Å². The fourth-order valence-corrected chi connectivity index (χ4v) is 3.26. The zero-order valence-electron chi connectivity index (χ0n) is 15.7. The number of para-hydroxylation sites is 1. The maximum absolute atomic E-state index is 6.29. The Bertz CT molecular complexity index is 1110. The molecule has 0 saturated heterocycles. The first-order valence-corrected chi connectivity index (χ1v) is 9.38. The lowest BCUT2D eigenvalue weighted by atomic mass is 10.0. The first-order chi connectivity index (χ1) is 13.8. The number of fused-ring (bicyclic) bond motifs is 1. The number of nitrogens with zero attached hydrogens (tertiary/aromatic N) is 3. The highest BCUT2D eigenvalue weighted by Crippen LogP contribution is 2.27. The second kappa shape index (κ2) is 8.08. The molecule has 4 rings (SSSR count). The zero-order valence-corrected chi connectivity index (χ0v) is 15.7. The van der Waals surface area contributed by atoms with Crippen molar-refractivity contribution in [3.8, 4) is 11.8 Å². The van der Waals surface area contributed by atoms with Crippen molar-refractivity contribution in [2.45, 2.75) is 19.1 Å². The molecule has 0 saturated carbocycles. The van der Waals surface area contributed by atoms with Crippen LogP contribution in [0.25, 0.3) is 11.0 Å². The van der Waals surface area contributed by atoms with Crippen LogP contribution >= 0.6 is 0 Å². The van der Waals surface area contributed by atoms with Crippen LogP contribution in [0.2, 0.25) is 0 Å². The molecule has 4 heteroatoms. The summed E-state index contributed by atoms with van der Waals surface area (Å²) >= 11 is 0. The Kier molecular flexibility index (Phi) is 5.18. The molecule has 28 heavy (non-hydrogen) atoms. The third-order valence-corrected chi connectivity index (χ3v) is 4.54. The van der Waals surface area contributed by atoms with Gasteiger partial charge in [0.1, 0.15) is 5.52 Å². The van der Waals surface area contributed by atoms with Gasteiger partial charge < -0.3 is 4.74 Å². The van der Waals surface area contributed by atoms with Gasteiger partial charge in [0.05, 0.1) is 5.52 Å². The smallest absolute Gasteiger partial charge is 0.230 e. The molecule has 0 amide bonds. The molecule has 3 aromatic carbocycles. The Morgan fingerprint density at radius 1 is 0.893 bits per heavy atom. The van der Waals surface area contributed by atoms with Gasteiger partial charge in [0.15, 0.2) is 0 Å². The summed E-state index contributed by atoms with van der Waals surface area (Å²) in [6.07, 6.45) is 0.564. The molecule has 4 aromatic rings. The summed E-state index contributed by atoms with van der Waals surface area (Å²) in [5.41, 5.74) is 2.82. The Morgan fingerprint density at radius 2 is 1.57 bits per heavy atom. The Hall–Kier alpha value is -3.42. The summed E-state index contributed by atoms with van der Waals surface area (Å²) in [5, 5.41) is 8.76. The second-order valence-electron chi connectivity index (χ2n) is 6.49. The van der Waals surface area contributed by atoms with Crippen LogP contribution in [0.15, 0.2) is 84.9 Å². The normalized spacial score (nSPS) is 12.9. The van der Waals surface area contributed by atoms with Crippen molar-refractivity contribution in [2.24, 2.45) is 0 Å². The molecule has 0 fully saturated rings. The maximum atomic E-state index is 6.29. The van der Waals surface area contributed by atoms with Crippen molar-refractivity contribution in [3.63, 3.8) is 0 Å². The van der Waals surface area contributed by atoms with Gasteiger partial charge in [-0.2, -0.15) is 0 Å². The molecule has 0 spiro atoms. The van der Waals surface area contributed by atoms with Crippen LogP contribution in [0.1, 0.15) is 18.1 Å². The molecule has 0 aliphatic rings. The van der Waals surface area contributed by atoms with Crippen LogP contribution in [-0.2, 0) is 16.9 Å². The second-order valence-corrected chi connectivity index (χ2v) is 6.49. The zero-order chi connectivity index (χ0) is 19.2. The van der Waals surface area contributed by atoms with Crippen LogP contribution in [0.4, 0.5) is 0 Å². The summed E-state index contributed by atoms with van der Waals surface area (Å²) in [6.45, 7) is 2.48. The van der Waals surface area contributed by atoms with Crippen molar-refractivity contribution in [3.05, 3.63) is 96.1 Å². The van der Waals surface area contributed by atoms with E-state index in [9.17, 15) is 0 Å². The molecule has 0 aliphatic heterocycles. The van der Waals surface area contributed by atoms with Crippen molar-refractivity contribution in [1.82, 2.24) is 15.0 Å². The van der Waals surface area contributed by atoms with Gasteiger partial charge in [-0.05, 0) is 42.7 Å². The molecular weight excluding hydrogens is 346 g/mol. The van der Waals surface area contributed by atoms with E-state index in [1.807, 2.05) is 84.4 Å². The van der Waals surface area contributed by atoms with Crippen LogP contribution in [0, 0.1) is 11.8 Å². The monoisotopic (exact) mass is 367 g/mol. The summed E-state index contributed by atoms with van der Waals surface area (Å²) in [5.74, 6) is 6.66. The van der Waals surface area contributed by atoms with Crippen molar-refractivity contribution in [1.29, 1.82) is 0 Å². The van der Waals surface area contributed by atoms with E-state index in [1.54, 1.807) is 0 Å². The minimum Gasteiger partial charge on any atom is -0.343 e. The highest BCUT2D eigenvalue weighted by atomic mass is 16.5. The minimum atomic E-state index is -0.956. The van der Waals surface area contributed by atoms with Crippen molar-refractivity contribution < 1.29 is 4.74 Å². The van der Waals surface area contributed by atoms with Crippen LogP contribution in [-0.4, -0.2) is 21.6 Å². The molecule has 1 unspecified atom stereocenters. The lowest BCUT2D eigenvalue weighted by molar-refractivity contribution is -0.0599. The van der Waals surface area contributed by atoms with Crippen LogP contribution < -0.4 is 0 Å². The molecule has 0 bridgehead atoms. The van der Waals surface area contributed by atoms with Gasteiger partial charge in [-0.3, -0.25) is 0 Å². The number of ether oxygens (including phenoxy) is 1. The number of aromatic nitrogens is 3. The quantitative estimate of drug-likeness (QED) is 0.491. The van der Waals surface area contributed by atoms with E-state index in [2.05, 4.69) is 34.3 Å². The third-order valence-electron chi connectivity index (χ3n) is 4.54. The topological polar surface area (TPSA) is 39.9 Å². The molecule has 1 heterocycles. The van der Waals surface area contributed by atoms with Gasteiger partial charge in [0.25, 0.3) is 0 Å². The first kappa shape index (κ1) is 18.0. The summed E-state index contributed by atoms with van der Waals surface area (Å²) < 4.78 is 8.11. The van der Waals surface area contributed by atoms with Crippen LogP contribution in [0.3, 0.4) is 0 Å². The molecule has 0 radical (unpaired) electrons. The molecule has 1 aromatic heterocycles. The largest absolute Gasteiger partial charge is 0.343 e. The van der Waals surface area contributed by atoms with E-state index in [0.29, 0.717) is 13.0 Å². The Labute approximate surface area is 164 Å². The summed E-state index contributed by atoms with van der Waals surface area (Å²) in [4.78, 5) is 0. The molecular formula is C24H21N3O. The minimum absolute atomic E-state index is 0.504. The number of hydrogen-bond acceptors (Lipinski definition) is 3. The lowest BCUT2D eigenvalue weighted by Crippen LogP contribution is -2.39. The van der Waals surface area contributed by atoms with Gasteiger partial charge in [-0.1, -0.05) is 71.8 Å². The van der Waals surface area contributed by atoms with E-state index >= 15 is 0 Å². The van der Waals surface area contributed by atoms with Gasteiger partial charge >= 0.3 is 0 Å². The molecule has 0 aliphatic carbocycles. The van der Waals surface area contributed by atoms with E-state index in [0.717, 1.165) is 22.2 Å². The van der Waals surface area contributed by atoms with Gasteiger partial charge in [0.2, 0.25) is 5.72 Å². The number of hydrogen-bond donors (Lipinski definition) is 0. The van der Waals surface area contributed by atoms with E-state index in [1.165, 1.54) is 0 Å². The molecule has 4 nitrogen and oxygen atoms in total. The fourth-order valence-electron chi connectivity index (χ4n) is 3.26. The average Bonchev–Trinajstić information content (AvgIpc) is 3.19. The van der Waals surface area contributed by atoms with E-state index in [-0.39, 0.29) is 0 Å². The maximum Gasteiger partial charge on any atom is 0.230 e. The predicted octanol–water partition coefficient (Wildman–Crippen LogP) is 4.42. The van der Waals surface area contributed by atoms with Crippen LogP contribution in [0.5, 0.6) is 0 Å². The first-order valence-electron chi connectivity index (χ1n) is 9.38. The molecule has 0 N–H and O–H groups in total. The SMILES string of the molecule is CCOC(C#Cc1ccccc1)(Cc1ccccc1)n1nnc2ccccc21. The lowest BCUT2D eigenvalue weighted by Gasteiger charge is -2.29. The highest BCUT2D eigenvalue weighted by Gasteiger charge is 2.34. The van der Waals surface area contributed by atoms with Gasteiger partial charge in [0, 0.05) is 18.6 Å². The van der Waals surface area contributed by atoms with Crippen molar-refractivity contribution >= 4 is 11.0 Å². The van der Waals surface area contributed by atoms with Gasteiger partial charge in [-0.25, -0.2) is 4.68 Å². The summed E-state index contributed by atoms with van der Waals surface area (Å²) in [7, 11) is 0. The fraction of sp³-hybridized carbons (Fsp3) is 0.167. The molecule has 1 atom stereocenters. The predicted molar refractivity (Wildman–Crippen MR) is 111 cm³/mol. The van der Waals surface area contributed by atoms with Gasteiger partial charge in [-0.15, -0.1) is 5.10 Å². The standard InChI is InChI=1S/C24H21N3O/c1-2-28-24(19-21-13-7-4-8-14-21,18-17-20-11-5-3-6-12-20)27-23-16-10-9-15-22(23)25-26-27/h3-16H,2,19H2,1H3. The average molecular weight is 367 g/mol. The third kappa shape index (κ3) is 3.66. The number of rotatable bonds is 5. The van der Waals surface area contributed by atoms with E-state index < -0.39 is 5.72 Å². The summed E-state index contributed by atoms with van der Waals surface area (Å²) in [6, 6.07) is 28.0. The highest BCUT2D eigenvalue weighted by molar-refractivity contribution is 5.74. The Balaban J connectivity index is 1.89. The number of benzene rings is 3.